The Labute approximate surface area is 159 Å². The highest BCUT2D eigenvalue weighted by atomic mass is 32.2. The van der Waals surface area contributed by atoms with Crippen LogP contribution in [0.25, 0.3) is 11.4 Å². The smallest absolute Gasteiger partial charge is 0.236 e. The topological polar surface area (TPSA) is 81.9 Å². The van der Waals surface area contributed by atoms with Gasteiger partial charge in [0.15, 0.2) is 16.1 Å². The molecule has 2 heterocycles. The van der Waals surface area contributed by atoms with Crippen molar-refractivity contribution >= 4 is 34.1 Å². The van der Waals surface area contributed by atoms with E-state index in [4.69, 9.17) is 4.74 Å². The summed E-state index contributed by atoms with van der Waals surface area (Å²) in [5.41, 5.74) is 0.916. The maximum atomic E-state index is 12.0. The van der Waals surface area contributed by atoms with Gasteiger partial charge >= 0.3 is 0 Å². The number of nitrogens with zero attached hydrogens (tertiary/aromatic N) is 4. The second-order valence-electron chi connectivity index (χ2n) is 5.11. The maximum Gasteiger partial charge on any atom is 0.236 e. The minimum absolute atomic E-state index is 0.135. The van der Waals surface area contributed by atoms with Gasteiger partial charge in [-0.2, -0.15) is 0 Å². The third-order valence-corrected chi connectivity index (χ3v) is 5.04. The Hall–Kier alpha value is -2.65. The number of hydrogen-bond donors (Lipinski definition) is 1. The molecule has 0 aliphatic heterocycles. The number of carbonyl (C=O) groups excluding carboxylic acids is 1. The van der Waals surface area contributed by atoms with E-state index >= 15 is 0 Å². The average Bonchev–Trinajstić information content (AvgIpc) is 3.30. The van der Waals surface area contributed by atoms with Crippen LogP contribution in [-0.4, -0.2) is 38.5 Å². The molecule has 0 fully saturated rings. The maximum absolute atomic E-state index is 12.0. The monoisotopic (exact) mass is 387 g/mol. The molecule has 3 rings (SSSR count). The van der Waals surface area contributed by atoms with Crippen LogP contribution in [0.15, 0.2) is 53.7 Å². The normalized spacial score (nSPS) is 10.5. The van der Waals surface area contributed by atoms with E-state index in [0.717, 1.165) is 17.1 Å². The lowest BCUT2D eigenvalue weighted by Gasteiger charge is -2.08. The number of carbonyl (C=O) groups is 1. The number of benzene rings is 1. The molecule has 1 amide bonds. The first-order valence-electron chi connectivity index (χ1n) is 7.72. The van der Waals surface area contributed by atoms with Crippen molar-refractivity contribution in [3.63, 3.8) is 0 Å². The Morgan fingerprint density at radius 3 is 2.85 bits per heavy atom. The van der Waals surface area contributed by atoms with Crippen molar-refractivity contribution in [2.45, 2.75) is 11.7 Å². The summed E-state index contributed by atoms with van der Waals surface area (Å²) in [6.07, 6.45) is 3.42. The lowest BCUT2D eigenvalue weighted by Crippen LogP contribution is -2.14. The largest absolute Gasteiger partial charge is 0.497 e. The van der Waals surface area contributed by atoms with E-state index in [2.05, 4.69) is 27.1 Å². The standard InChI is InChI=1S/C17H17N5O2S2/c1-3-9-22-15(12-4-6-13(24-2)7-5-12)20-21-17(22)26-11-14(23)19-16-18-8-10-25-16/h3-8,10H,1,9,11H2,2H3,(H,18,19,23). The van der Waals surface area contributed by atoms with E-state index in [1.165, 1.54) is 23.1 Å². The van der Waals surface area contributed by atoms with E-state index in [1.54, 1.807) is 19.4 Å². The molecule has 26 heavy (non-hydrogen) atoms. The first-order chi connectivity index (χ1) is 12.7. The number of thioether (sulfide) groups is 1. The summed E-state index contributed by atoms with van der Waals surface area (Å²) >= 11 is 2.70. The fourth-order valence-corrected chi connectivity index (χ4v) is 3.51. The summed E-state index contributed by atoms with van der Waals surface area (Å²) in [7, 11) is 1.63. The number of amides is 1. The van der Waals surface area contributed by atoms with Gasteiger partial charge < -0.3 is 10.1 Å². The summed E-state index contributed by atoms with van der Waals surface area (Å²) in [5.74, 6) is 1.58. The second-order valence-corrected chi connectivity index (χ2v) is 6.95. The molecule has 0 radical (unpaired) electrons. The number of ether oxygens (including phenoxy) is 1. The van der Waals surface area contributed by atoms with Gasteiger partial charge in [-0.3, -0.25) is 9.36 Å². The average molecular weight is 387 g/mol. The molecule has 0 spiro atoms. The molecule has 0 atom stereocenters. The van der Waals surface area contributed by atoms with Gasteiger partial charge in [-0.15, -0.1) is 28.1 Å². The van der Waals surface area contributed by atoms with E-state index in [-0.39, 0.29) is 11.7 Å². The third kappa shape index (κ3) is 4.30. The van der Waals surface area contributed by atoms with E-state index < -0.39 is 0 Å². The Morgan fingerprint density at radius 2 is 2.19 bits per heavy atom. The van der Waals surface area contributed by atoms with Crippen LogP contribution in [0.2, 0.25) is 0 Å². The van der Waals surface area contributed by atoms with Crippen molar-refractivity contribution in [3.8, 4) is 17.1 Å². The van der Waals surface area contributed by atoms with Gasteiger partial charge in [0.2, 0.25) is 5.91 Å². The number of hydrogen-bond acceptors (Lipinski definition) is 7. The zero-order valence-electron chi connectivity index (χ0n) is 14.1. The molecule has 0 bridgehead atoms. The van der Waals surface area contributed by atoms with Crippen LogP contribution in [0.5, 0.6) is 5.75 Å². The summed E-state index contributed by atoms with van der Waals surface area (Å²) in [6.45, 7) is 4.34. The van der Waals surface area contributed by atoms with Crippen LogP contribution in [0.3, 0.4) is 0 Å². The Kier molecular flexibility index (Phi) is 6.03. The molecule has 0 unspecified atom stereocenters. The van der Waals surface area contributed by atoms with E-state index in [0.29, 0.717) is 16.8 Å². The zero-order chi connectivity index (χ0) is 18.4. The Balaban J connectivity index is 1.73. The van der Waals surface area contributed by atoms with Crippen molar-refractivity contribution in [2.75, 3.05) is 18.2 Å². The molecule has 3 aromatic rings. The number of aromatic nitrogens is 4. The van der Waals surface area contributed by atoms with E-state index in [1.807, 2.05) is 34.2 Å². The lowest BCUT2D eigenvalue weighted by molar-refractivity contribution is -0.113. The van der Waals surface area contributed by atoms with Crippen LogP contribution in [0, 0.1) is 0 Å². The van der Waals surface area contributed by atoms with Gasteiger partial charge in [-0.05, 0) is 24.3 Å². The molecule has 134 valence electrons. The molecular formula is C17H17N5O2S2. The third-order valence-electron chi connectivity index (χ3n) is 3.39. The van der Waals surface area contributed by atoms with Gasteiger partial charge in [0.05, 0.1) is 12.9 Å². The number of allylic oxidation sites excluding steroid dienone is 1. The SMILES string of the molecule is C=CCn1c(SCC(=O)Nc2nccs2)nnc1-c1ccc(OC)cc1. The number of methoxy groups -OCH3 is 1. The first-order valence-corrected chi connectivity index (χ1v) is 9.58. The van der Waals surface area contributed by atoms with Crippen molar-refractivity contribution in [1.82, 2.24) is 19.7 Å². The van der Waals surface area contributed by atoms with Gasteiger partial charge in [0, 0.05) is 23.7 Å². The Morgan fingerprint density at radius 1 is 1.38 bits per heavy atom. The van der Waals surface area contributed by atoms with E-state index in [9.17, 15) is 4.79 Å². The predicted molar refractivity (Wildman–Crippen MR) is 104 cm³/mol. The molecular weight excluding hydrogens is 370 g/mol. The molecule has 1 N–H and O–H groups in total. The number of thiazole rings is 1. The summed E-state index contributed by atoms with van der Waals surface area (Å²) in [5, 5.41) is 14.3. The minimum atomic E-state index is -0.135. The van der Waals surface area contributed by atoms with Gasteiger partial charge in [-0.1, -0.05) is 17.8 Å². The second kappa shape index (κ2) is 8.63. The number of nitrogens with one attached hydrogen (secondary N) is 1. The van der Waals surface area contributed by atoms with Gasteiger partial charge in [0.25, 0.3) is 0 Å². The highest BCUT2D eigenvalue weighted by Crippen LogP contribution is 2.26. The molecule has 0 aliphatic carbocycles. The minimum Gasteiger partial charge on any atom is -0.497 e. The van der Waals surface area contributed by atoms with Crippen LogP contribution < -0.4 is 10.1 Å². The molecule has 1 aromatic carbocycles. The highest BCUT2D eigenvalue weighted by molar-refractivity contribution is 7.99. The zero-order valence-corrected chi connectivity index (χ0v) is 15.7. The van der Waals surface area contributed by atoms with Gasteiger partial charge in [0.1, 0.15) is 5.75 Å². The molecule has 0 aliphatic rings. The molecule has 2 aromatic heterocycles. The van der Waals surface area contributed by atoms with Crippen molar-refractivity contribution < 1.29 is 9.53 Å². The highest BCUT2D eigenvalue weighted by Gasteiger charge is 2.15. The van der Waals surface area contributed by atoms with Crippen LogP contribution in [-0.2, 0) is 11.3 Å². The summed E-state index contributed by atoms with van der Waals surface area (Å²) < 4.78 is 7.11. The van der Waals surface area contributed by atoms with Crippen molar-refractivity contribution in [1.29, 1.82) is 0 Å². The quantitative estimate of drug-likeness (QED) is 0.472. The van der Waals surface area contributed by atoms with Crippen LogP contribution in [0.1, 0.15) is 0 Å². The van der Waals surface area contributed by atoms with Crippen molar-refractivity contribution in [3.05, 3.63) is 48.5 Å². The first kappa shape index (κ1) is 18.2. The number of rotatable bonds is 8. The summed E-state index contributed by atoms with van der Waals surface area (Å²) in [4.78, 5) is 16.1. The predicted octanol–water partition coefficient (Wildman–Crippen LogP) is 3.33. The summed E-state index contributed by atoms with van der Waals surface area (Å²) in [6, 6.07) is 7.59. The molecule has 0 saturated carbocycles. The fraction of sp³-hybridized carbons (Fsp3) is 0.176. The van der Waals surface area contributed by atoms with Crippen LogP contribution in [0.4, 0.5) is 5.13 Å². The molecule has 0 saturated heterocycles. The molecule has 9 heteroatoms. The van der Waals surface area contributed by atoms with Crippen molar-refractivity contribution in [2.24, 2.45) is 0 Å². The van der Waals surface area contributed by atoms with Crippen LogP contribution >= 0.6 is 23.1 Å². The lowest BCUT2D eigenvalue weighted by atomic mass is 10.2. The number of anilines is 1. The Bertz CT molecular complexity index is 875. The molecule has 7 nitrogen and oxygen atoms in total. The van der Waals surface area contributed by atoms with Gasteiger partial charge in [-0.25, -0.2) is 4.98 Å². The fourth-order valence-electron chi connectivity index (χ4n) is 2.21.